The summed E-state index contributed by atoms with van der Waals surface area (Å²) < 4.78 is 0. The predicted octanol–water partition coefficient (Wildman–Crippen LogP) is -1.27. The third-order valence-corrected chi connectivity index (χ3v) is 5.68. The summed E-state index contributed by atoms with van der Waals surface area (Å²) >= 11 is 3.95. The third-order valence-electron chi connectivity index (χ3n) is 5.31. The number of carbonyl (C=O) groups excluding carboxylic acids is 3. The Kier molecular flexibility index (Phi) is 13.3. The summed E-state index contributed by atoms with van der Waals surface area (Å²) in [5.74, 6) is -3.52. The van der Waals surface area contributed by atoms with Crippen molar-refractivity contribution in [3.05, 3.63) is 35.9 Å². The predicted molar refractivity (Wildman–Crippen MR) is 140 cm³/mol. The molecule has 4 atom stereocenters. The molecule has 0 radical (unpaired) electrons. The van der Waals surface area contributed by atoms with Crippen molar-refractivity contribution in [3.63, 3.8) is 0 Å². The van der Waals surface area contributed by atoms with E-state index >= 15 is 0 Å². The van der Waals surface area contributed by atoms with Crippen LogP contribution in [0.3, 0.4) is 0 Å². The van der Waals surface area contributed by atoms with Gasteiger partial charge in [0.2, 0.25) is 17.7 Å². The van der Waals surface area contributed by atoms with Gasteiger partial charge in [0.15, 0.2) is 5.96 Å². The lowest BCUT2D eigenvalue weighted by Gasteiger charge is -2.25. The highest BCUT2D eigenvalue weighted by molar-refractivity contribution is 7.80. The number of thiol groups is 1. The molecule has 0 bridgehead atoms. The fourth-order valence-electron chi connectivity index (χ4n) is 3.13. The molecule has 1 aromatic carbocycles. The highest BCUT2D eigenvalue weighted by Gasteiger charge is 2.30. The van der Waals surface area contributed by atoms with E-state index in [1.807, 2.05) is 6.07 Å². The van der Waals surface area contributed by atoms with Crippen molar-refractivity contribution < 1.29 is 24.3 Å². The number of nitrogens with two attached hydrogens (primary N) is 3. The number of hydrogen-bond acceptors (Lipinski definition) is 7. The Balaban J connectivity index is 3.11. The first kappa shape index (κ1) is 30.7. The molecule has 0 saturated carbocycles. The summed E-state index contributed by atoms with van der Waals surface area (Å²) in [4.78, 5) is 54.0. The molecule has 0 aliphatic rings. The fraction of sp³-hybridized carbons (Fsp3) is 0.522. The zero-order valence-electron chi connectivity index (χ0n) is 20.5. The number of carbonyl (C=O) groups is 4. The van der Waals surface area contributed by atoms with Crippen LogP contribution in [0.5, 0.6) is 0 Å². The highest BCUT2D eigenvalue weighted by Crippen LogP contribution is 2.08. The van der Waals surface area contributed by atoms with Crippen LogP contribution < -0.4 is 33.2 Å². The van der Waals surface area contributed by atoms with Crippen LogP contribution >= 0.6 is 12.6 Å². The molecule has 4 unspecified atom stereocenters. The first-order chi connectivity index (χ1) is 17.0. The lowest BCUT2D eigenvalue weighted by molar-refractivity contribution is -0.141. The molecule has 1 rings (SSSR count). The van der Waals surface area contributed by atoms with E-state index in [0.29, 0.717) is 6.42 Å². The van der Waals surface area contributed by atoms with Crippen molar-refractivity contribution in [2.24, 2.45) is 28.1 Å². The van der Waals surface area contributed by atoms with Crippen LogP contribution in [-0.2, 0) is 25.6 Å². The van der Waals surface area contributed by atoms with Crippen molar-refractivity contribution in [2.45, 2.75) is 57.3 Å². The Morgan fingerprint density at radius 3 is 2.03 bits per heavy atom. The molecular formula is C23H37N7O5S. The van der Waals surface area contributed by atoms with E-state index in [1.54, 1.807) is 38.1 Å². The van der Waals surface area contributed by atoms with Crippen molar-refractivity contribution >= 4 is 42.3 Å². The van der Waals surface area contributed by atoms with Gasteiger partial charge in [-0.2, -0.15) is 12.6 Å². The van der Waals surface area contributed by atoms with Crippen LogP contribution in [0.2, 0.25) is 0 Å². The number of hydrogen-bond donors (Lipinski definition) is 8. The molecule has 0 saturated heterocycles. The molecule has 0 fully saturated rings. The van der Waals surface area contributed by atoms with Crippen LogP contribution in [0, 0.1) is 5.92 Å². The molecule has 0 spiro atoms. The molecule has 13 heteroatoms. The SMILES string of the molecule is CC(C)C(N)C(=O)NC(Cc1ccccc1)C(=O)NC(CCCN=C(N)N)C(=O)NC(CS)C(=O)O. The van der Waals surface area contributed by atoms with Crippen LogP contribution in [0.15, 0.2) is 35.3 Å². The Morgan fingerprint density at radius 1 is 0.944 bits per heavy atom. The number of rotatable bonds is 15. The average Bonchev–Trinajstić information content (AvgIpc) is 2.83. The largest absolute Gasteiger partial charge is 0.480 e. The quantitative estimate of drug-likeness (QED) is 0.0599. The van der Waals surface area contributed by atoms with E-state index in [-0.39, 0.29) is 37.0 Å². The Bertz CT molecular complexity index is 909. The maximum absolute atomic E-state index is 13.3. The van der Waals surface area contributed by atoms with Crippen molar-refractivity contribution in [2.75, 3.05) is 12.3 Å². The first-order valence-electron chi connectivity index (χ1n) is 11.6. The topological polar surface area (TPSA) is 215 Å². The van der Waals surface area contributed by atoms with Gasteiger partial charge in [-0.1, -0.05) is 44.2 Å². The van der Waals surface area contributed by atoms with Gasteiger partial charge < -0.3 is 38.3 Å². The molecule has 0 heterocycles. The second kappa shape index (κ2) is 15.6. The zero-order valence-corrected chi connectivity index (χ0v) is 21.4. The lowest BCUT2D eigenvalue weighted by Crippen LogP contribution is -2.58. The summed E-state index contributed by atoms with van der Waals surface area (Å²) in [5, 5.41) is 16.9. The van der Waals surface area contributed by atoms with E-state index in [2.05, 4.69) is 33.6 Å². The van der Waals surface area contributed by atoms with E-state index in [9.17, 15) is 24.3 Å². The van der Waals surface area contributed by atoms with Crippen LogP contribution in [0.1, 0.15) is 32.3 Å². The van der Waals surface area contributed by atoms with Gasteiger partial charge in [-0.3, -0.25) is 19.4 Å². The van der Waals surface area contributed by atoms with Gasteiger partial charge in [0.1, 0.15) is 18.1 Å². The summed E-state index contributed by atoms with van der Waals surface area (Å²) in [6, 6.07) is 4.81. The first-order valence-corrected chi connectivity index (χ1v) is 12.2. The van der Waals surface area contributed by atoms with Gasteiger partial charge in [-0.25, -0.2) is 4.79 Å². The van der Waals surface area contributed by atoms with Crippen LogP contribution in [0.4, 0.5) is 0 Å². The number of nitrogens with zero attached hydrogens (tertiary/aromatic N) is 1. The molecule has 0 aliphatic heterocycles. The van der Waals surface area contributed by atoms with Crippen molar-refractivity contribution in [1.82, 2.24) is 16.0 Å². The number of guanidine groups is 1. The molecule has 12 nitrogen and oxygen atoms in total. The number of carboxylic acids is 1. The number of carboxylic acid groups (broad SMARTS) is 1. The Morgan fingerprint density at radius 2 is 1.50 bits per heavy atom. The molecule has 200 valence electrons. The standard InChI is InChI=1S/C23H37N7O5S/c1-13(2)18(24)21(33)29-16(11-14-7-4-3-5-8-14)20(32)28-15(9-6-10-27-23(25)26)19(31)30-17(12-36)22(34)35/h3-5,7-8,13,15-18,36H,6,9-12,24H2,1-2H3,(H,28,32)(H,29,33)(H,30,31)(H,34,35)(H4,25,26,27). The zero-order chi connectivity index (χ0) is 27.3. The lowest BCUT2D eigenvalue weighted by atomic mass is 10.0. The van der Waals surface area contributed by atoms with E-state index in [0.717, 1.165) is 5.56 Å². The normalized spacial score (nSPS) is 14.1. The van der Waals surface area contributed by atoms with Gasteiger partial charge in [-0.15, -0.1) is 0 Å². The van der Waals surface area contributed by atoms with Gasteiger partial charge in [0.25, 0.3) is 0 Å². The molecular weight excluding hydrogens is 486 g/mol. The number of aliphatic imine (C=N–C) groups is 1. The average molecular weight is 524 g/mol. The third kappa shape index (κ3) is 11.0. The number of benzene rings is 1. The Labute approximate surface area is 216 Å². The molecule has 0 aliphatic carbocycles. The maximum atomic E-state index is 13.3. The smallest absolute Gasteiger partial charge is 0.327 e. The summed E-state index contributed by atoms with van der Waals surface area (Å²) in [5.41, 5.74) is 17.4. The van der Waals surface area contributed by atoms with Crippen LogP contribution in [0.25, 0.3) is 0 Å². The van der Waals surface area contributed by atoms with Gasteiger partial charge in [-0.05, 0) is 24.3 Å². The minimum Gasteiger partial charge on any atom is -0.480 e. The van der Waals surface area contributed by atoms with E-state index in [1.165, 1.54) is 0 Å². The van der Waals surface area contributed by atoms with Gasteiger partial charge in [0, 0.05) is 18.7 Å². The number of amides is 3. The highest BCUT2D eigenvalue weighted by atomic mass is 32.1. The van der Waals surface area contributed by atoms with E-state index in [4.69, 9.17) is 17.2 Å². The van der Waals surface area contributed by atoms with Crippen molar-refractivity contribution in [3.8, 4) is 0 Å². The molecule has 36 heavy (non-hydrogen) atoms. The second-order valence-electron chi connectivity index (χ2n) is 8.61. The van der Waals surface area contributed by atoms with Gasteiger partial charge in [0.05, 0.1) is 6.04 Å². The molecule has 3 amide bonds. The minimum absolute atomic E-state index is 0.116. The maximum Gasteiger partial charge on any atom is 0.327 e. The summed E-state index contributed by atoms with van der Waals surface area (Å²) in [7, 11) is 0. The second-order valence-corrected chi connectivity index (χ2v) is 8.98. The van der Waals surface area contributed by atoms with E-state index < -0.39 is 47.9 Å². The molecule has 0 aromatic heterocycles. The minimum atomic E-state index is -1.26. The number of nitrogens with one attached hydrogen (secondary N) is 3. The fourth-order valence-corrected chi connectivity index (χ4v) is 3.38. The molecule has 1 aromatic rings. The van der Waals surface area contributed by atoms with Crippen LogP contribution in [-0.4, -0.2) is 71.2 Å². The number of aliphatic carboxylic acids is 1. The molecule has 10 N–H and O–H groups in total. The van der Waals surface area contributed by atoms with Gasteiger partial charge >= 0.3 is 5.97 Å². The monoisotopic (exact) mass is 523 g/mol. The Hall–Kier alpha value is -3.32. The summed E-state index contributed by atoms with van der Waals surface area (Å²) in [6.07, 6.45) is 0.591. The van der Waals surface area contributed by atoms with Crippen molar-refractivity contribution in [1.29, 1.82) is 0 Å². The summed E-state index contributed by atoms with van der Waals surface area (Å²) in [6.45, 7) is 3.77.